The van der Waals surface area contributed by atoms with Crippen molar-refractivity contribution in [2.75, 3.05) is 39.3 Å². The van der Waals surface area contributed by atoms with Gasteiger partial charge in [-0.2, -0.15) is 0 Å². The van der Waals surface area contributed by atoms with Gasteiger partial charge in [0.05, 0.1) is 19.3 Å². The van der Waals surface area contributed by atoms with Gasteiger partial charge in [0.1, 0.15) is 18.5 Å². The van der Waals surface area contributed by atoms with Gasteiger partial charge in [0.25, 0.3) is 0 Å². The van der Waals surface area contributed by atoms with E-state index in [0.29, 0.717) is 18.5 Å². The normalized spacial score (nSPS) is 32.0. The van der Waals surface area contributed by atoms with Crippen molar-refractivity contribution in [2.24, 2.45) is 5.92 Å². The van der Waals surface area contributed by atoms with E-state index in [2.05, 4.69) is 9.80 Å². The zero-order chi connectivity index (χ0) is 14.7. The Morgan fingerprint density at radius 2 is 1.95 bits per heavy atom. The molecule has 0 bridgehead atoms. The van der Waals surface area contributed by atoms with Crippen LogP contribution in [0.3, 0.4) is 0 Å². The summed E-state index contributed by atoms with van der Waals surface area (Å²) in [6.07, 6.45) is -1.83. The molecular formula is C13H24N2O5. The van der Waals surface area contributed by atoms with Crippen LogP contribution in [0.1, 0.15) is 6.42 Å². The second kappa shape index (κ2) is 6.93. The number of nitrogens with zero attached hydrogens (tertiary/aromatic N) is 2. The Kier molecular flexibility index (Phi) is 5.48. The quantitative estimate of drug-likeness (QED) is 0.377. The lowest BCUT2D eigenvalue weighted by Gasteiger charge is -2.29. The van der Waals surface area contributed by atoms with Crippen LogP contribution in [0.5, 0.6) is 0 Å². The van der Waals surface area contributed by atoms with Crippen LogP contribution in [-0.4, -0.2) is 100 Å². The van der Waals surface area contributed by atoms with Gasteiger partial charge >= 0.3 is 0 Å². The lowest BCUT2D eigenvalue weighted by molar-refractivity contribution is -0.108. The molecule has 2 aliphatic heterocycles. The molecule has 0 aromatic carbocycles. The third kappa shape index (κ3) is 3.36. The maximum Gasteiger partial charge on any atom is 0.133 e. The van der Waals surface area contributed by atoms with Crippen LogP contribution in [0.25, 0.3) is 0 Å². The van der Waals surface area contributed by atoms with E-state index in [1.54, 1.807) is 0 Å². The predicted octanol–water partition coefficient (Wildman–Crippen LogP) is -2.73. The first-order valence-electron chi connectivity index (χ1n) is 7.12. The maximum atomic E-state index is 10.6. The number of aliphatic hydroxyl groups is 4. The molecule has 0 amide bonds. The number of aldehydes is 1. The molecule has 116 valence electrons. The van der Waals surface area contributed by atoms with Crippen LogP contribution in [0.4, 0.5) is 0 Å². The van der Waals surface area contributed by atoms with Gasteiger partial charge in [-0.25, -0.2) is 0 Å². The molecule has 0 radical (unpaired) electrons. The van der Waals surface area contributed by atoms with E-state index >= 15 is 0 Å². The number of β-amino-alcohol motifs (C(OH)–C–C–N with tert-alkyl or cyclic N) is 1. The highest BCUT2D eigenvalue weighted by Crippen LogP contribution is 2.31. The van der Waals surface area contributed by atoms with Crippen molar-refractivity contribution in [3.63, 3.8) is 0 Å². The van der Waals surface area contributed by atoms with Crippen molar-refractivity contribution >= 4 is 6.29 Å². The van der Waals surface area contributed by atoms with Crippen molar-refractivity contribution in [3.8, 4) is 0 Å². The maximum absolute atomic E-state index is 10.6. The first kappa shape index (κ1) is 15.8. The molecule has 2 aliphatic rings. The standard InChI is InChI=1S/C13H24N2O5/c16-4-3-14-5-9-1-2-15(10(9)6-14)7-11(18)13(20)12(19)8-17/h4,9-13,17-20H,1-3,5-8H2/t9-,10+,11-,12+,13-/m0/s1. The predicted molar refractivity (Wildman–Crippen MR) is 71.1 cm³/mol. The molecule has 2 rings (SSSR count). The van der Waals surface area contributed by atoms with Crippen LogP contribution >= 0.6 is 0 Å². The van der Waals surface area contributed by atoms with E-state index in [4.69, 9.17) is 5.11 Å². The minimum Gasteiger partial charge on any atom is -0.394 e. The number of rotatable bonds is 7. The van der Waals surface area contributed by atoms with Crippen LogP contribution in [0, 0.1) is 5.92 Å². The molecule has 2 heterocycles. The largest absolute Gasteiger partial charge is 0.394 e. The summed E-state index contributed by atoms with van der Waals surface area (Å²) in [6, 6.07) is 0.295. The van der Waals surface area contributed by atoms with Gasteiger partial charge in [-0.15, -0.1) is 0 Å². The Morgan fingerprint density at radius 1 is 1.20 bits per heavy atom. The summed E-state index contributed by atoms with van der Waals surface area (Å²) in [4.78, 5) is 14.8. The smallest absolute Gasteiger partial charge is 0.133 e. The SMILES string of the molecule is O=CCN1C[C@@H]2CCN(C[C@H](O)[C@H](O)[C@H](O)CO)[C@@H]2C1. The van der Waals surface area contributed by atoms with E-state index in [1.165, 1.54) is 0 Å². The fourth-order valence-electron chi connectivity index (χ4n) is 3.33. The summed E-state index contributed by atoms with van der Waals surface area (Å²) < 4.78 is 0. The molecule has 2 fully saturated rings. The molecular weight excluding hydrogens is 264 g/mol. The Bertz CT molecular complexity index is 330. The molecule has 7 heteroatoms. The minimum absolute atomic E-state index is 0.272. The molecule has 4 N–H and O–H groups in total. The fraction of sp³-hybridized carbons (Fsp3) is 0.923. The lowest BCUT2D eigenvalue weighted by atomic mass is 10.0. The van der Waals surface area contributed by atoms with Crippen LogP contribution in [0.15, 0.2) is 0 Å². The Morgan fingerprint density at radius 3 is 2.60 bits per heavy atom. The van der Waals surface area contributed by atoms with Gasteiger partial charge < -0.3 is 25.2 Å². The first-order chi connectivity index (χ1) is 9.56. The molecule has 0 aromatic heterocycles. The second-order valence-electron chi connectivity index (χ2n) is 5.80. The Labute approximate surface area is 118 Å². The summed E-state index contributed by atoms with van der Waals surface area (Å²) in [6.45, 7) is 2.69. The zero-order valence-corrected chi connectivity index (χ0v) is 11.5. The molecule has 0 saturated carbocycles. The van der Waals surface area contributed by atoms with Gasteiger partial charge in [0.2, 0.25) is 0 Å². The molecule has 2 saturated heterocycles. The molecule has 0 spiro atoms. The monoisotopic (exact) mass is 288 g/mol. The van der Waals surface area contributed by atoms with Crippen molar-refractivity contribution in [1.82, 2.24) is 9.80 Å². The van der Waals surface area contributed by atoms with Gasteiger partial charge in [-0.3, -0.25) is 9.80 Å². The fourth-order valence-corrected chi connectivity index (χ4v) is 3.33. The van der Waals surface area contributed by atoms with Gasteiger partial charge in [0, 0.05) is 25.7 Å². The van der Waals surface area contributed by atoms with Crippen molar-refractivity contribution < 1.29 is 25.2 Å². The molecule has 0 aromatic rings. The van der Waals surface area contributed by atoms with Crippen molar-refractivity contribution in [2.45, 2.75) is 30.8 Å². The highest BCUT2D eigenvalue weighted by molar-refractivity contribution is 5.52. The van der Waals surface area contributed by atoms with Gasteiger partial charge in [-0.1, -0.05) is 0 Å². The van der Waals surface area contributed by atoms with Gasteiger partial charge in [0.15, 0.2) is 0 Å². The number of hydrogen-bond donors (Lipinski definition) is 4. The summed E-state index contributed by atoms with van der Waals surface area (Å²) in [7, 11) is 0. The summed E-state index contributed by atoms with van der Waals surface area (Å²) in [5, 5.41) is 37.7. The number of aliphatic hydroxyl groups excluding tert-OH is 4. The Hall–Kier alpha value is -0.570. The van der Waals surface area contributed by atoms with Crippen molar-refractivity contribution in [1.29, 1.82) is 0 Å². The van der Waals surface area contributed by atoms with E-state index in [1.807, 2.05) is 0 Å². The molecule has 7 nitrogen and oxygen atoms in total. The number of fused-ring (bicyclic) bond motifs is 1. The van der Waals surface area contributed by atoms with E-state index in [0.717, 1.165) is 32.3 Å². The zero-order valence-electron chi connectivity index (χ0n) is 11.5. The third-order valence-electron chi connectivity index (χ3n) is 4.47. The third-order valence-corrected chi connectivity index (χ3v) is 4.47. The first-order valence-corrected chi connectivity index (χ1v) is 7.12. The average molecular weight is 288 g/mol. The Balaban J connectivity index is 1.86. The minimum atomic E-state index is -1.34. The average Bonchev–Trinajstić information content (AvgIpc) is 2.99. The van der Waals surface area contributed by atoms with Gasteiger partial charge in [-0.05, 0) is 18.9 Å². The highest BCUT2D eigenvalue weighted by atomic mass is 16.4. The number of carbonyl (C=O) groups excluding carboxylic acids is 1. The lowest BCUT2D eigenvalue weighted by Crippen LogP contribution is -2.48. The van der Waals surface area contributed by atoms with Crippen molar-refractivity contribution in [3.05, 3.63) is 0 Å². The number of likely N-dealkylation sites (tertiary alicyclic amines) is 2. The molecule has 0 unspecified atom stereocenters. The van der Waals surface area contributed by atoms with Crippen LogP contribution < -0.4 is 0 Å². The molecule has 0 aliphatic carbocycles. The van der Waals surface area contributed by atoms with Crippen LogP contribution in [-0.2, 0) is 4.79 Å². The highest BCUT2D eigenvalue weighted by Gasteiger charge is 2.42. The summed E-state index contributed by atoms with van der Waals surface area (Å²) in [5.74, 6) is 0.502. The van der Waals surface area contributed by atoms with Crippen LogP contribution in [0.2, 0.25) is 0 Å². The van der Waals surface area contributed by atoms with E-state index in [-0.39, 0.29) is 6.54 Å². The second-order valence-corrected chi connectivity index (χ2v) is 5.80. The molecule has 5 atom stereocenters. The molecule has 20 heavy (non-hydrogen) atoms. The van der Waals surface area contributed by atoms with E-state index < -0.39 is 24.9 Å². The topological polar surface area (TPSA) is 104 Å². The summed E-state index contributed by atoms with van der Waals surface area (Å²) in [5.41, 5.74) is 0. The van der Waals surface area contributed by atoms with E-state index in [9.17, 15) is 20.1 Å². The summed E-state index contributed by atoms with van der Waals surface area (Å²) >= 11 is 0. The number of carbonyl (C=O) groups is 1. The number of hydrogen-bond acceptors (Lipinski definition) is 7.